The second-order valence-electron chi connectivity index (χ2n) is 13.7. The number of carbonyl (C=O) groups excluding carboxylic acids is 1. The van der Waals surface area contributed by atoms with Crippen molar-refractivity contribution in [2.75, 3.05) is 36.5 Å². The summed E-state index contributed by atoms with van der Waals surface area (Å²) in [5.41, 5.74) is 4.07. The Bertz CT molecular complexity index is 1740. The van der Waals surface area contributed by atoms with Gasteiger partial charge in [-0.15, -0.1) is 5.10 Å². The number of carbonyl (C=O) groups is 1. The Hall–Kier alpha value is -3.96. The predicted molar refractivity (Wildman–Crippen MR) is 178 cm³/mol. The lowest BCUT2D eigenvalue weighted by atomic mass is 9.72. The number of nitrogens with one attached hydrogen (secondary N) is 1. The lowest BCUT2D eigenvalue weighted by Crippen LogP contribution is -2.48. The quantitative estimate of drug-likeness (QED) is 0.236. The molecule has 12 heteroatoms. The molecule has 3 aliphatic rings. The first-order chi connectivity index (χ1) is 22.1. The van der Waals surface area contributed by atoms with E-state index in [1.165, 1.54) is 11.1 Å². The van der Waals surface area contributed by atoms with Crippen LogP contribution in [0.5, 0.6) is 0 Å². The number of amides is 1. The standard InChI is InChI=1S/C34H41ClN8O3/c1-33(2,3)46-32(44)39-29-24-10-6-5-9-22(24)20-34(29)13-16-42(17-14-34)26-21-37-28-30(38-26)43(27-11-7-8-18-45-27)40-31(28)41(4)23-12-15-36-25(35)19-23/h5-6,9-10,12,15,19,21,27,29H,7-8,11,13-14,16-18,20H2,1-4H3,(H,39,44). The maximum absolute atomic E-state index is 13.0. The molecule has 1 aromatic carbocycles. The molecule has 5 heterocycles. The summed E-state index contributed by atoms with van der Waals surface area (Å²) in [7, 11) is 1.94. The molecule has 3 aromatic heterocycles. The van der Waals surface area contributed by atoms with Crippen LogP contribution >= 0.6 is 11.6 Å². The van der Waals surface area contributed by atoms with Crippen molar-refractivity contribution in [1.29, 1.82) is 0 Å². The van der Waals surface area contributed by atoms with Crippen LogP contribution in [0.2, 0.25) is 5.15 Å². The van der Waals surface area contributed by atoms with Gasteiger partial charge in [-0.2, -0.15) is 0 Å². The Morgan fingerprint density at radius 2 is 1.96 bits per heavy atom. The van der Waals surface area contributed by atoms with Gasteiger partial charge >= 0.3 is 6.09 Å². The van der Waals surface area contributed by atoms with Crippen molar-refractivity contribution in [3.05, 3.63) is 65.1 Å². The first-order valence-electron chi connectivity index (χ1n) is 16.1. The van der Waals surface area contributed by atoms with E-state index in [2.05, 4.69) is 39.5 Å². The summed E-state index contributed by atoms with van der Waals surface area (Å²) in [5.74, 6) is 1.50. The van der Waals surface area contributed by atoms with Gasteiger partial charge in [-0.25, -0.2) is 24.4 Å². The average Bonchev–Trinajstić information content (AvgIpc) is 3.56. The predicted octanol–water partition coefficient (Wildman–Crippen LogP) is 6.75. The molecule has 1 spiro atoms. The van der Waals surface area contributed by atoms with E-state index in [1.54, 1.807) is 12.3 Å². The third-order valence-corrected chi connectivity index (χ3v) is 9.69. The summed E-state index contributed by atoms with van der Waals surface area (Å²) >= 11 is 6.21. The number of anilines is 3. The largest absolute Gasteiger partial charge is 0.444 e. The first kappa shape index (κ1) is 30.7. The lowest BCUT2D eigenvalue weighted by Gasteiger charge is -2.43. The van der Waals surface area contributed by atoms with Crippen LogP contribution in [-0.2, 0) is 15.9 Å². The number of halogens is 1. The summed E-state index contributed by atoms with van der Waals surface area (Å²) in [6.45, 7) is 7.95. The third-order valence-electron chi connectivity index (χ3n) is 9.48. The van der Waals surface area contributed by atoms with E-state index >= 15 is 0 Å². The number of aromatic nitrogens is 5. The molecule has 2 aliphatic heterocycles. The van der Waals surface area contributed by atoms with Crippen LogP contribution in [0, 0.1) is 5.41 Å². The van der Waals surface area contributed by atoms with Gasteiger partial charge in [-0.1, -0.05) is 35.9 Å². The Kier molecular flexibility index (Phi) is 8.01. The van der Waals surface area contributed by atoms with Crippen LogP contribution in [0.3, 0.4) is 0 Å². The zero-order valence-electron chi connectivity index (χ0n) is 26.9. The van der Waals surface area contributed by atoms with E-state index in [0.717, 1.165) is 63.1 Å². The van der Waals surface area contributed by atoms with Gasteiger partial charge in [0.1, 0.15) is 16.6 Å². The minimum Gasteiger partial charge on any atom is -0.444 e. The number of fused-ring (bicyclic) bond motifs is 2. The fraction of sp³-hybridized carbons (Fsp3) is 0.500. The number of alkyl carbamates (subject to hydrolysis) is 1. The van der Waals surface area contributed by atoms with Gasteiger partial charge in [0.05, 0.1) is 12.2 Å². The Morgan fingerprint density at radius 1 is 1.15 bits per heavy atom. The Balaban J connectivity index is 1.17. The molecule has 0 radical (unpaired) electrons. The van der Waals surface area contributed by atoms with E-state index in [0.29, 0.717) is 28.7 Å². The molecule has 1 aliphatic carbocycles. The molecule has 2 atom stereocenters. The van der Waals surface area contributed by atoms with Crippen molar-refractivity contribution in [1.82, 2.24) is 30.0 Å². The highest BCUT2D eigenvalue weighted by Gasteiger charge is 2.49. The zero-order valence-corrected chi connectivity index (χ0v) is 27.6. The molecule has 4 aromatic rings. The van der Waals surface area contributed by atoms with Crippen molar-refractivity contribution >= 4 is 46.2 Å². The summed E-state index contributed by atoms with van der Waals surface area (Å²) in [6.07, 6.45) is 8.64. The Labute approximate surface area is 274 Å². The number of pyridine rings is 1. The molecule has 11 nitrogen and oxygen atoms in total. The van der Waals surface area contributed by atoms with Gasteiger partial charge in [0.15, 0.2) is 23.2 Å². The normalized spacial score (nSPS) is 20.9. The Morgan fingerprint density at radius 3 is 2.70 bits per heavy atom. The number of nitrogens with zero attached hydrogens (tertiary/aromatic N) is 7. The fourth-order valence-corrected chi connectivity index (χ4v) is 7.36. The third kappa shape index (κ3) is 5.86. The molecule has 2 fully saturated rings. The van der Waals surface area contributed by atoms with Crippen molar-refractivity contribution in [2.24, 2.45) is 5.41 Å². The van der Waals surface area contributed by atoms with Crippen LogP contribution in [0.25, 0.3) is 11.2 Å². The number of hydrogen-bond acceptors (Lipinski definition) is 9. The second kappa shape index (κ2) is 12.0. The van der Waals surface area contributed by atoms with E-state index < -0.39 is 5.60 Å². The van der Waals surface area contributed by atoms with Gasteiger partial charge in [-0.3, -0.25) is 0 Å². The van der Waals surface area contributed by atoms with Crippen molar-refractivity contribution in [2.45, 2.75) is 77.2 Å². The van der Waals surface area contributed by atoms with Gasteiger partial charge in [0.2, 0.25) is 0 Å². The SMILES string of the molecule is CN(c1ccnc(Cl)c1)c1nn(C2CCCCO2)c2nc(N3CCC4(CC3)Cc3ccccc3C4NC(=O)OC(C)(C)C)cnc12. The number of hydrogen-bond donors (Lipinski definition) is 1. The summed E-state index contributed by atoms with van der Waals surface area (Å²) in [6, 6.07) is 12.0. The summed E-state index contributed by atoms with van der Waals surface area (Å²) < 4.78 is 13.8. The molecule has 1 amide bonds. The smallest absolute Gasteiger partial charge is 0.408 e. The van der Waals surface area contributed by atoms with Crippen molar-refractivity contribution in [3.63, 3.8) is 0 Å². The molecule has 2 saturated heterocycles. The van der Waals surface area contributed by atoms with E-state index in [-0.39, 0.29) is 23.8 Å². The molecule has 0 bridgehead atoms. The minimum atomic E-state index is -0.564. The van der Waals surface area contributed by atoms with E-state index in [4.69, 9.17) is 36.1 Å². The lowest BCUT2D eigenvalue weighted by molar-refractivity contribution is -0.0368. The van der Waals surface area contributed by atoms with Crippen molar-refractivity contribution < 1.29 is 14.3 Å². The molecule has 2 unspecified atom stereocenters. The average molecular weight is 645 g/mol. The van der Waals surface area contributed by atoms with Crippen LogP contribution in [0.4, 0.5) is 22.1 Å². The van der Waals surface area contributed by atoms with Crippen LogP contribution < -0.4 is 15.1 Å². The second-order valence-corrected chi connectivity index (χ2v) is 14.1. The molecular weight excluding hydrogens is 604 g/mol. The maximum Gasteiger partial charge on any atom is 0.408 e. The summed E-state index contributed by atoms with van der Waals surface area (Å²) in [4.78, 5) is 31.5. The van der Waals surface area contributed by atoms with Gasteiger partial charge in [-0.05, 0) is 82.6 Å². The monoisotopic (exact) mass is 644 g/mol. The highest BCUT2D eigenvalue weighted by atomic mass is 35.5. The molecular formula is C34H41ClN8O3. The number of piperidine rings is 1. The fourth-order valence-electron chi connectivity index (χ4n) is 7.19. The summed E-state index contributed by atoms with van der Waals surface area (Å²) in [5, 5.41) is 8.67. The van der Waals surface area contributed by atoms with Gasteiger partial charge in [0.25, 0.3) is 0 Å². The van der Waals surface area contributed by atoms with Gasteiger partial charge in [0, 0.05) is 44.0 Å². The van der Waals surface area contributed by atoms with E-state index in [1.807, 2.05) is 49.7 Å². The van der Waals surface area contributed by atoms with E-state index in [9.17, 15) is 4.79 Å². The molecule has 7 rings (SSSR count). The zero-order chi connectivity index (χ0) is 32.1. The molecule has 242 valence electrons. The highest BCUT2D eigenvalue weighted by Crippen LogP contribution is 2.52. The molecule has 1 N–H and O–H groups in total. The van der Waals surface area contributed by atoms with Gasteiger partial charge < -0.3 is 24.6 Å². The number of ether oxygens (including phenoxy) is 2. The highest BCUT2D eigenvalue weighted by molar-refractivity contribution is 6.29. The maximum atomic E-state index is 13.0. The molecule has 0 saturated carbocycles. The number of rotatable bonds is 5. The topological polar surface area (TPSA) is 111 Å². The minimum absolute atomic E-state index is 0.103. The van der Waals surface area contributed by atoms with Crippen LogP contribution in [0.1, 0.15) is 76.3 Å². The first-order valence-corrected chi connectivity index (χ1v) is 16.5. The van der Waals surface area contributed by atoms with Crippen molar-refractivity contribution in [3.8, 4) is 0 Å². The number of benzene rings is 1. The van der Waals surface area contributed by atoms with Crippen LogP contribution in [-0.4, -0.2) is 63.2 Å². The molecule has 46 heavy (non-hydrogen) atoms. The van der Waals surface area contributed by atoms with Crippen LogP contribution in [0.15, 0.2) is 48.8 Å².